The Morgan fingerprint density at radius 1 is 1.31 bits per heavy atom. The molecule has 0 fully saturated rings. The molecule has 0 aliphatic rings. The summed E-state index contributed by atoms with van der Waals surface area (Å²) in [6.45, 7) is 2.07. The highest BCUT2D eigenvalue weighted by Gasteiger charge is 2.10. The van der Waals surface area contributed by atoms with Crippen molar-refractivity contribution in [3.05, 3.63) is 30.3 Å². The summed E-state index contributed by atoms with van der Waals surface area (Å²) in [5.74, 6) is 0. The Hall–Kier alpha value is -1.36. The van der Waals surface area contributed by atoms with Crippen LogP contribution in [0.1, 0.15) is 26.2 Å². The van der Waals surface area contributed by atoms with E-state index in [-0.39, 0.29) is 4.90 Å². The molecule has 0 aliphatic carbocycles. The van der Waals surface area contributed by atoms with Crippen LogP contribution in [0.4, 0.5) is 0 Å². The molecule has 0 spiro atoms. The van der Waals surface area contributed by atoms with Gasteiger partial charge < -0.3 is 0 Å². The molecule has 0 radical (unpaired) electrons. The standard InChI is InChI=1S/C11H16N2O2S/c1-2-3-7-10-12-13-16(14,15)11-8-5-4-6-9-11/h4-6,8-10,13H,2-3,7H2,1H3. The van der Waals surface area contributed by atoms with Gasteiger partial charge in [-0.2, -0.15) is 13.5 Å². The summed E-state index contributed by atoms with van der Waals surface area (Å²) in [5, 5.41) is 3.69. The Morgan fingerprint density at radius 2 is 2.00 bits per heavy atom. The van der Waals surface area contributed by atoms with Crippen LogP contribution in [0.15, 0.2) is 40.3 Å². The smallest absolute Gasteiger partial charge is 0.200 e. The molecule has 16 heavy (non-hydrogen) atoms. The second kappa shape index (κ2) is 6.27. The zero-order valence-electron chi connectivity index (χ0n) is 9.26. The molecule has 0 bridgehead atoms. The van der Waals surface area contributed by atoms with Crippen molar-refractivity contribution in [2.45, 2.75) is 31.1 Å². The monoisotopic (exact) mass is 240 g/mol. The third-order valence-electron chi connectivity index (χ3n) is 2.00. The van der Waals surface area contributed by atoms with Gasteiger partial charge in [-0.1, -0.05) is 31.5 Å². The van der Waals surface area contributed by atoms with Crippen LogP contribution < -0.4 is 4.83 Å². The minimum atomic E-state index is -3.50. The number of unbranched alkanes of at least 4 members (excludes halogenated alkanes) is 2. The lowest BCUT2D eigenvalue weighted by atomic mass is 10.3. The van der Waals surface area contributed by atoms with Crippen LogP contribution in [0.5, 0.6) is 0 Å². The predicted octanol–water partition coefficient (Wildman–Crippen LogP) is 2.14. The lowest BCUT2D eigenvalue weighted by Gasteiger charge is -2.01. The van der Waals surface area contributed by atoms with E-state index in [0.29, 0.717) is 0 Å². The lowest BCUT2D eigenvalue weighted by Crippen LogP contribution is -2.18. The van der Waals surface area contributed by atoms with E-state index in [4.69, 9.17) is 0 Å². The molecule has 0 aliphatic heterocycles. The van der Waals surface area contributed by atoms with Gasteiger partial charge >= 0.3 is 0 Å². The molecular formula is C11H16N2O2S. The zero-order valence-corrected chi connectivity index (χ0v) is 10.1. The van der Waals surface area contributed by atoms with Gasteiger partial charge in [0, 0.05) is 6.21 Å². The van der Waals surface area contributed by atoms with Crippen LogP contribution in [0.2, 0.25) is 0 Å². The van der Waals surface area contributed by atoms with Crippen molar-refractivity contribution in [3.63, 3.8) is 0 Å². The lowest BCUT2D eigenvalue weighted by molar-refractivity contribution is 0.584. The molecule has 0 saturated carbocycles. The molecule has 88 valence electrons. The summed E-state index contributed by atoms with van der Waals surface area (Å²) in [6, 6.07) is 8.18. The van der Waals surface area contributed by atoms with Crippen molar-refractivity contribution < 1.29 is 8.42 Å². The molecule has 0 amide bonds. The fraction of sp³-hybridized carbons (Fsp3) is 0.364. The first-order valence-electron chi connectivity index (χ1n) is 5.25. The summed E-state index contributed by atoms with van der Waals surface area (Å²) >= 11 is 0. The quantitative estimate of drug-likeness (QED) is 0.470. The van der Waals surface area contributed by atoms with E-state index in [9.17, 15) is 8.42 Å². The summed E-state index contributed by atoms with van der Waals surface area (Å²) < 4.78 is 23.3. The molecule has 0 heterocycles. The third-order valence-corrected chi connectivity index (χ3v) is 3.24. The van der Waals surface area contributed by atoms with Crippen molar-refractivity contribution in [2.24, 2.45) is 5.10 Å². The number of rotatable bonds is 6. The first kappa shape index (κ1) is 12.7. The van der Waals surface area contributed by atoms with Crippen molar-refractivity contribution in [2.75, 3.05) is 0 Å². The Morgan fingerprint density at radius 3 is 2.62 bits per heavy atom. The number of sulfonamides is 1. The average molecular weight is 240 g/mol. The molecule has 0 unspecified atom stereocenters. The van der Waals surface area contributed by atoms with Crippen molar-refractivity contribution in [1.29, 1.82) is 0 Å². The number of benzene rings is 1. The Bertz CT molecular complexity index is 427. The highest BCUT2D eigenvalue weighted by molar-refractivity contribution is 7.89. The van der Waals surface area contributed by atoms with Crippen LogP contribution in [-0.2, 0) is 10.0 Å². The number of hydrogen-bond acceptors (Lipinski definition) is 3. The van der Waals surface area contributed by atoms with Crippen molar-refractivity contribution in [3.8, 4) is 0 Å². The Labute approximate surface area is 96.4 Å². The summed E-state index contributed by atoms with van der Waals surface area (Å²) in [7, 11) is -3.50. The van der Waals surface area contributed by atoms with Gasteiger partial charge in [-0.25, -0.2) is 4.83 Å². The molecule has 0 saturated heterocycles. The van der Waals surface area contributed by atoms with Gasteiger partial charge in [0.15, 0.2) is 0 Å². The Kier molecular flexibility index (Phi) is 4.98. The van der Waals surface area contributed by atoms with E-state index >= 15 is 0 Å². The van der Waals surface area contributed by atoms with E-state index in [1.165, 1.54) is 12.1 Å². The van der Waals surface area contributed by atoms with Crippen LogP contribution in [0, 0.1) is 0 Å². The maximum atomic E-state index is 11.6. The maximum absolute atomic E-state index is 11.6. The van der Waals surface area contributed by atoms with Gasteiger partial charge in [0.2, 0.25) is 0 Å². The minimum absolute atomic E-state index is 0.225. The van der Waals surface area contributed by atoms with Crippen molar-refractivity contribution >= 4 is 16.2 Å². The van der Waals surface area contributed by atoms with E-state index in [0.717, 1.165) is 19.3 Å². The third kappa shape index (κ3) is 4.02. The predicted molar refractivity (Wildman–Crippen MR) is 64.8 cm³/mol. The number of hydrazone groups is 1. The molecule has 5 heteroatoms. The fourth-order valence-corrected chi connectivity index (χ4v) is 1.95. The van der Waals surface area contributed by atoms with Gasteiger partial charge in [-0.3, -0.25) is 0 Å². The molecule has 1 rings (SSSR count). The SMILES string of the molecule is CCCCC=NNS(=O)(=O)c1ccccc1. The van der Waals surface area contributed by atoms with Gasteiger partial charge in [0.25, 0.3) is 10.0 Å². The number of hydrogen-bond donors (Lipinski definition) is 1. The molecule has 0 aromatic heterocycles. The van der Waals surface area contributed by atoms with E-state index in [1.54, 1.807) is 24.4 Å². The molecule has 1 aromatic carbocycles. The molecule has 4 nitrogen and oxygen atoms in total. The minimum Gasteiger partial charge on any atom is -0.200 e. The molecule has 1 aromatic rings. The first-order chi connectivity index (χ1) is 7.67. The van der Waals surface area contributed by atoms with Gasteiger partial charge in [0.1, 0.15) is 0 Å². The molecular weight excluding hydrogens is 224 g/mol. The van der Waals surface area contributed by atoms with Crippen LogP contribution >= 0.6 is 0 Å². The second-order valence-electron chi connectivity index (χ2n) is 3.36. The van der Waals surface area contributed by atoms with Crippen LogP contribution in [0.25, 0.3) is 0 Å². The maximum Gasteiger partial charge on any atom is 0.276 e. The first-order valence-corrected chi connectivity index (χ1v) is 6.73. The topological polar surface area (TPSA) is 58.5 Å². The van der Waals surface area contributed by atoms with E-state index in [2.05, 4.69) is 16.9 Å². The zero-order chi connectivity index (χ0) is 11.9. The van der Waals surface area contributed by atoms with Crippen molar-refractivity contribution in [1.82, 2.24) is 4.83 Å². The summed E-state index contributed by atoms with van der Waals surface area (Å²) in [5.41, 5.74) is 0. The van der Waals surface area contributed by atoms with Gasteiger partial charge in [-0.15, -0.1) is 0 Å². The Balaban J connectivity index is 2.57. The highest BCUT2D eigenvalue weighted by atomic mass is 32.2. The van der Waals surface area contributed by atoms with E-state index in [1.807, 2.05) is 0 Å². The van der Waals surface area contributed by atoms with Crippen LogP contribution in [0.3, 0.4) is 0 Å². The second-order valence-corrected chi connectivity index (χ2v) is 5.02. The normalized spacial score (nSPS) is 11.8. The number of nitrogens with zero attached hydrogens (tertiary/aromatic N) is 1. The van der Waals surface area contributed by atoms with Crippen LogP contribution in [-0.4, -0.2) is 14.6 Å². The van der Waals surface area contributed by atoms with Gasteiger partial charge in [0.05, 0.1) is 4.90 Å². The fourth-order valence-electron chi connectivity index (χ4n) is 1.12. The number of nitrogens with one attached hydrogen (secondary N) is 1. The molecule has 1 N–H and O–H groups in total. The van der Waals surface area contributed by atoms with Gasteiger partial charge in [-0.05, 0) is 25.0 Å². The molecule has 0 atom stereocenters. The summed E-state index contributed by atoms with van der Waals surface area (Å²) in [6.07, 6.45) is 4.45. The van der Waals surface area contributed by atoms with E-state index < -0.39 is 10.0 Å². The summed E-state index contributed by atoms with van der Waals surface area (Å²) in [4.78, 5) is 2.40. The largest absolute Gasteiger partial charge is 0.276 e. The average Bonchev–Trinajstić information content (AvgIpc) is 2.30. The highest BCUT2D eigenvalue weighted by Crippen LogP contribution is 2.06.